The van der Waals surface area contributed by atoms with Gasteiger partial charge in [0.25, 0.3) is 5.91 Å². The van der Waals surface area contributed by atoms with Gasteiger partial charge in [-0.05, 0) is 74.1 Å². The molecule has 6 nitrogen and oxygen atoms in total. The highest BCUT2D eigenvalue weighted by atomic mass is 16.2. The Morgan fingerprint density at radius 1 is 1.26 bits per heavy atom. The van der Waals surface area contributed by atoms with E-state index >= 15 is 0 Å². The van der Waals surface area contributed by atoms with Crippen LogP contribution in [0.15, 0.2) is 53.6 Å². The molecule has 1 aromatic carbocycles. The summed E-state index contributed by atoms with van der Waals surface area (Å²) in [5.74, 6) is -0.560. The van der Waals surface area contributed by atoms with Gasteiger partial charge in [-0.1, -0.05) is 30.4 Å². The van der Waals surface area contributed by atoms with Crippen LogP contribution < -0.4 is 11.1 Å². The molecule has 2 amide bonds. The zero-order chi connectivity index (χ0) is 23.2. The van der Waals surface area contributed by atoms with Crippen molar-refractivity contribution < 1.29 is 14.4 Å². The van der Waals surface area contributed by atoms with E-state index in [2.05, 4.69) is 18.0 Å². The predicted octanol–water partition coefficient (Wildman–Crippen LogP) is 2.69. The Hall–Kier alpha value is -2.99. The van der Waals surface area contributed by atoms with Gasteiger partial charge in [0.2, 0.25) is 5.91 Å². The molecular formula is C25H33N3O3. The lowest BCUT2D eigenvalue weighted by Gasteiger charge is -2.34. The number of aryl methyl sites for hydroxylation is 1. The molecular weight excluding hydrogens is 390 g/mol. The van der Waals surface area contributed by atoms with Crippen LogP contribution in [-0.4, -0.2) is 50.2 Å². The molecule has 31 heavy (non-hydrogen) atoms. The number of fused-ring (bicyclic) bond motifs is 1. The number of amides is 2. The van der Waals surface area contributed by atoms with Crippen molar-refractivity contribution in [2.75, 3.05) is 27.2 Å². The number of carbonyl (C=O) groups is 3. The van der Waals surface area contributed by atoms with E-state index in [1.54, 1.807) is 26.2 Å². The number of aldehydes is 1. The lowest BCUT2D eigenvalue weighted by molar-refractivity contribution is -0.122. The summed E-state index contributed by atoms with van der Waals surface area (Å²) in [6.45, 7) is 8.67. The van der Waals surface area contributed by atoms with Gasteiger partial charge in [0, 0.05) is 19.7 Å². The van der Waals surface area contributed by atoms with Crippen LogP contribution in [0.25, 0.3) is 0 Å². The van der Waals surface area contributed by atoms with Gasteiger partial charge in [0.05, 0.1) is 6.54 Å². The molecule has 6 heteroatoms. The third-order valence-electron chi connectivity index (χ3n) is 5.68. The Labute approximate surface area is 184 Å². The van der Waals surface area contributed by atoms with Gasteiger partial charge in [-0.2, -0.15) is 0 Å². The molecule has 0 fully saturated rings. The van der Waals surface area contributed by atoms with E-state index in [0.717, 1.165) is 34.1 Å². The van der Waals surface area contributed by atoms with Crippen molar-refractivity contribution >= 4 is 18.1 Å². The Bertz CT molecular complexity index is 939. The fourth-order valence-corrected chi connectivity index (χ4v) is 4.33. The highest BCUT2D eigenvalue weighted by Crippen LogP contribution is 2.44. The Morgan fingerprint density at radius 2 is 1.97 bits per heavy atom. The Morgan fingerprint density at radius 3 is 2.52 bits per heavy atom. The maximum atomic E-state index is 13.1. The summed E-state index contributed by atoms with van der Waals surface area (Å²) in [5.41, 5.74) is 10.2. The average Bonchev–Trinajstić information content (AvgIpc) is 2.84. The molecule has 0 heterocycles. The third kappa shape index (κ3) is 5.02. The molecule has 0 radical (unpaired) electrons. The van der Waals surface area contributed by atoms with Gasteiger partial charge >= 0.3 is 0 Å². The van der Waals surface area contributed by atoms with Crippen LogP contribution in [-0.2, 0) is 21.4 Å². The predicted molar refractivity (Wildman–Crippen MR) is 124 cm³/mol. The van der Waals surface area contributed by atoms with E-state index < -0.39 is 11.3 Å². The number of nitrogens with zero attached hydrogens (tertiary/aromatic N) is 1. The van der Waals surface area contributed by atoms with Crippen LogP contribution in [0.1, 0.15) is 48.2 Å². The molecule has 1 aliphatic carbocycles. The van der Waals surface area contributed by atoms with Crippen molar-refractivity contribution in [3.63, 3.8) is 0 Å². The van der Waals surface area contributed by atoms with E-state index in [9.17, 15) is 14.4 Å². The average molecular weight is 424 g/mol. The maximum Gasteiger partial charge on any atom is 0.253 e. The second kappa shape index (κ2) is 10.4. The van der Waals surface area contributed by atoms with Crippen LogP contribution in [0.2, 0.25) is 0 Å². The van der Waals surface area contributed by atoms with E-state index in [-0.39, 0.29) is 12.5 Å². The van der Waals surface area contributed by atoms with E-state index in [1.165, 1.54) is 4.90 Å². The van der Waals surface area contributed by atoms with Gasteiger partial charge in [-0.3, -0.25) is 9.59 Å². The maximum absolute atomic E-state index is 13.1. The topological polar surface area (TPSA) is 92.5 Å². The van der Waals surface area contributed by atoms with Crippen LogP contribution >= 0.6 is 0 Å². The van der Waals surface area contributed by atoms with Gasteiger partial charge in [0.1, 0.15) is 11.7 Å². The molecule has 1 aromatic rings. The first-order valence-electron chi connectivity index (χ1n) is 10.5. The highest BCUT2D eigenvalue weighted by Gasteiger charge is 2.44. The van der Waals surface area contributed by atoms with Gasteiger partial charge in [-0.15, -0.1) is 0 Å². The van der Waals surface area contributed by atoms with Crippen molar-refractivity contribution in [1.82, 2.24) is 10.2 Å². The van der Waals surface area contributed by atoms with Crippen molar-refractivity contribution in [2.24, 2.45) is 5.73 Å². The van der Waals surface area contributed by atoms with Crippen LogP contribution in [0.3, 0.4) is 0 Å². The van der Waals surface area contributed by atoms with Gasteiger partial charge in [-0.25, -0.2) is 0 Å². The number of nitrogens with one attached hydrogen (secondary N) is 1. The number of allylic oxidation sites excluding steroid dienone is 4. The monoisotopic (exact) mass is 423 g/mol. The van der Waals surface area contributed by atoms with Crippen molar-refractivity contribution in [3.05, 3.63) is 70.3 Å². The number of hydrogen-bond acceptors (Lipinski definition) is 4. The molecule has 0 bridgehead atoms. The summed E-state index contributed by atoms with van der Waals surface area (Å²) in [5, 5.41) is 3.05. The third-order valence-corrected chi connectivity index (χ3v) is 5.68. The summed E-state index contributed by atoms with van der Waals surface area (Å²) in [4.78, 5) is 38.0. The van der Waals surface area contributed by atoms with Crippen LogP contribution in [0.5, 0.6) is 0 Å². The second-order valence-corrected chi connectivity index (χ2v) is 8.33. The molecule has 1 unspecified atom stereocenters. The molecule has 0 saturated carbocycles. The quantitative estimate of drug-likeness (QED) is 0.472. The second-order valence-electron chi connectivity index (χ2n) is 8.33. The van der Waals surface area contributed by atoms with Gasteiger partial charge < -0.3 is 20.7 Å². The molecule has 1 aliphatic rings. The summed E-state index contributed by atoms with van der Waals surface area (Å²) < 4.78 is 0. The zero-order valence-electron chi connectivity index (χ0n) is 19.0. The first kappa shape index (κ1) is 24.3. The summed E-state index contributed by atoms with van der Waals surface area (Å²) in [6, 6.07) is 5.48. The van der Waals surface area contributed by atoms with Crippen molar-refractivity contribution in [3.8, 4) is 0 Å². The molecule has 166 valence electrons. The lowest BCUT2D eigenvalue weighted by atomic mass is 9.68. The number of primary amides is 1. The molecule has 1 atom stereocenters. The molecule has 0 saturated heterocycles. The van der Waals surface area contributed by atoms with Crippen LogP contribution in [0.4, 0.5) is 0 Å². The summed E-state index contributed by atoms with van der Waals surface area (Å²) >= 11 is 0. The molecule has 0 spiro atoms. The van der Waals surface area contributed by atoms with Crippen LogP contribution in [0, 0.1) is 0 Å². The molecule has 2 rings (SSSR count). The zero-order valence-corrected chi connectivity index (χ0v) is 19.0. The number of nitrogens with two attached hydrogens (primary N) is 1. The Kier molecular flexibility index (Phi) is 8.11. The molecule has 3 N–H and O–H groups in total. The van der Waals surface area contributed by atoms with Crippen molar-refractivity contribution in [2.45, 2.75) is 38.5 Å². The lowest BCUT2D eigenvalue weighted by Crippen LogP contribution is -2.45. The minimum atomic E-state index is -1.11. The smallest absolute Gasteiger partial charge is 0.253 e. The van der Waals surface area contributed by atoms with Crippen molar-refractivity contribution in [1.29, 1.82) is 0 Å². The summed E-state index contributed by atoms with van der Waals surface area (Å²) in [6.07, 6.45) is 6.35. The molecule has 0 aliphatic heterocycles. The largest absolute Gasteiger partial charge is 0.369 e. The normalized spacial score (nSPS) is 17.9. The van der Waals surface area contributed by atoms with E-state index in [1.807, 2.05) is 26.0 Å². The number of carbonyl (C=O) groups excluding carboxylic acids is 3. The fourth-order valence-electron chi connectivity index (χ4n) is 4.33. The number of benzene rings is 1. The van der Waals surface area contributed by atoms with Gasteiger partial charge in [0.15, 0.2) is 0 Å². The minimum absolute atomic E-state index is 0.0919. The first-order chi connectivity index (χ1) is 14.7. The fraction of sp³-hybridized carbons (Fsp3) is 0.400. The minimum Gasteiger partial charge on any atom is -0.369 e. The number of hydrogen-bond donors (Lipinski definition) is 2. The number of rotatable bonds is 9. The summed E-state index contributed by atoms with van der Waals surface area (Å²) in [7, 11) is 3.43. The standard InChI is InChI=1S/C25H33N3O3/c1-6-21-18(15-17(2)3)7-8-19-16-20(23(30)28(4)5)9-10-22(19)25(21,24(26)31)11-12-27-13-14-29/h6,9-10,14-16,27H,1,7-8,11-13H2,2-5H3,(H2,26,31). The first-order valence-corrected chi connectivity index (χ1v) is 10.5. The highest BCUT2D eigenvalue weighted by molar-refractivity contribution is 5.96. The Balaban J connectivity index is 2.77. The van der Waals surface area contributed by atoms with E-state index in [4.69, 9.17) is 5.73 Å². The van der Waals surface area contributed by atoms with E-state index in [0.29, 0.717) is 31.4 Å². The molecule has 0 aromatic heterocycles. The SMILES string of the molecule is C=CC1=C(C=C(C)C)CCc2cc(C(=O)N(C)C)ccc2C1(CCNCC=O)C(N)=O.